The summed E-state index contributed by atoms with van der Waals surface area (Å²) in [5.74, 6) is -1.23. The molecular weight excluding hydrogens is 508 g/mol. The van der Waals surface area contributed by atoms with Gasteiger partial charge in [-0.1, -0.05) is 17.8 Å². The third-order valence-corrected chi connectivity index (χ3v) is 9.11. The third kappa shape index (κ3) is 5.08. The van der Waals surface area contributed by atoms with Crippen LogP contribution in [0.1, 0.15) is 36.5 Å². The number of thiazole rings is 1. The molecule has 190 valence electrons. The number of carbonyl (C=O) groups excluding carboxylic acids is 2. The van der Waals surface area contributed by atoms with Crippen molar-refractivity contribution < 1.29 is 27.7 Å². The average molecular weight is 533 g/mol. The minimum Gasteiger partial charge on any atom is -0.468 e. The first-order valence-corrected chi connectivity index (χ1v) is 13.4. The zero-order chi connectivity index (χ0) is 26.0. The topological polar surface area (TPSA) is 141 Å². The summed E-state index contributed by atoms with van der Waals surface area (Å²) >= 11 is 1.02. The van der Waals surface area contributed by atoms with Crippen LogP contribution >= 0.6 is 11.3 Å². The Balaban J connectivity index is 1.69. The van der Waals surface area contributed by atoms with E-state index in [0.29, 0.717) is 16.8 Å². The quantitative estimate of drug-likeness (QED) is 0.270. The summed E-state index contributed by atoms with van der Waals surface area (Å²) in [4.78, 5) is 39.9. The van der Waals surface area contributed by atoms with E-state index in [9.17, 15) is 28.1 Å². The number of piperidine rings is 1. The second-order valence-corrected chi connectivity index (χ2v) is 11.3. The van der Waals surface area contributed by atoms with Crippen LogP contribution in [0.15, 0.2) is 52.4 Å². The summed E-state index contributed by atoms with van der Waals surface area (Å²) in [6.07, 6.45) is 2.60. The van der Waals surface area contributed by atoms with Crippen LogP contribution in [0.4, 0.5) is 5.69 Å². The maximum Gasteiger partial charge on any atom is 0.325 e. The predicted octanol–water partition coefficient (Wildman–Crippen LogP) is 3.09. The molecule has 1 aliphatic heterocycles. The molecule has 1 aromatic heterocycles. The van der Waals surface area contributed by atoms with Gasteiger partial charge in [0.1, 0.15) is 6.54 Å². The fraction of sp³-hybridized carbons (Fsp3) is 0.348. The van der Waals surface area contributed by atoms with Crippen LogP contribution in [-0.2, 0) is 26.1 Å². The van der Waals surface area contributed by atoms with Crippen molar-refractivity contribution in [1.29, 1.82) is 0 Å². The van der Waals surface area contributed by atoms with E-state index in [1.807, 2.05) is 6.92 Å². The molecule has 36 heavy (non-hydrogen) atoms. The average Bonchev–Trinajstić information content (AvgIpc) is 3.19. The number of hydrogen-bond acceptors (Lipinski definition) is 8. The van der Waals surface area contributed by atoms with E-state index in [1.165, 1.54) is 58.4 Å². The van der Waals surface area contributed by atoms with E-state index >= 15 is 0 Å². The van der Waals surface area contributed by atoms with Crippen molar-refractivity contribution in [1.82, 2.24) is 8.87 Å². The Morgan fingerprint density at radius 2 is 1.92 bits per heavy atom. The molecule has 1 unspecified atom stereocenters. The second-order valence-electron chi connectivity index (χ2n) is 8.36. The Morgan fingerprint density at radius 1 is 1.19 bits per heavy atom. The van der Waals surface area contributed by atoms with Gasteiger partial charge in [-0.15, -0.1) is 0 Å². The number of nitro benzene ring substituents is 1. The molecule has 1 fully saturated rings. The third-order valence-electron chi connectivity index (χ3n) is 6.04. The highest BCUT2D eigenvalue weighted by Crippen LogP contribution is 2.26. The van der Waals surface area contributed by atoms with Crippen LogP contribution in [0.25, 0.3) is 10.2 Å². The lowest BCUT2D eigenvalue weighted by molar-refractivity contribution is -0.384. The van der Waals surface area contributed by atoms with Crippen LogP contribution in [-0.4, -0.2) is 53.8 Å². The van der Waals surface area contributed by atoms with Crippen molar-refractivity contribution in [2.24, 2.45) is 4.99 Å². The van der Waals surface area contributed by atoms with Gasteiger partial charge in [0.05, 0.1) is 27.1 Å². The molecule has 13 heteroatoms. The maximum absolute atomic E-state index is 13.0. The van der Waals surface area contributed by atoms with Crippen molar-refractivity contribution in [2.45, 2.75) is 43.7 Å². The molecule has 2 aromatic carbocycles. The highest BCUT2D eigenvalue weighted by Gasteiger charge is 2.31. The lowest BCUT2D eigenvalue weighted by Gasteiger charge is -2.32. The zero-order valence-electron chi connectivity index (χ0n) is 19.6. The Morgan fingerprint density at radius 3 is 2.56 bits per heavy atom. The first kappa shape index (κ1) is 25.7. The van der Waals surface area contributed by atoms with Gasteiger partial charge >= 0.3 is 5.97 Å². The number of benzene rings is 2. The largest absolute Gasteiger partial charge is 0.468 e. The molecule has 1 atom stereocenters. The van der Waals surface area contributed by atoms with Gasteiger partial charge in [-0.05, 0) is 50.1 Å². The summed E-state index contributed by atoms with van der Waals surface area (Å²) in [5, 5.41) is 11.1. The number of nitrogens with zero attached hydrogens (tertiary/aromatic N) is 4. The van der Waals surface area contributed by atoms with Crippen molar-refractivity contribution in [3.63, 3.8) is 0 Å². The molecule has 11 nitrogen and oxygen atoms in total. The molecule has 0 saturated carbocycles. The van der Waals surface area contributed by atoms with Gasteiger partial charge in [0.25, 0.3) is 11.6 Å². The summed E-state index contributed by atoms with van der Waals surface area (Å²) < 4.78 is 34.2. The maximum atomic E-state index is 13.0. The number of methoxy groups -OCH3 is 1. The van der Waals surface area contributed by atoms with Crippen LogP contribution in [0, 0.1) is 10.1 Å². The van der Waals surface area contributed by atoms with Gasteiger partial charge in [-0.3, -0.25) is 19.7 Å². The number of hydrogen-bond donors (Lipinski definition) is 0. The Labute approximate surface area is 210 Å². The monoisotopic (exact) mass is 532 g/mol. The highest BCUT2D eigenvalue weighted by molar-refractivity contribution is 7.89. The van der Waals surface area contributed by atoms with Crippen LogP contribution in [0.2, 0.25) is 0 Å². The lowest BCUT2D eigenvalue weighted by atomic mass is 10.1. The molecule has 1 amide bonds. The molecule has 0 radical (unpaired) electrons. The van der Waals surface area contributed by atoms with Gasteiger partial charge in [0.15, 0.2) is 4.80 Å². The number of nitro groups is 1. The van der Waals surface area contributed by atoms with Crippen molar-refractivity contribution in [3.8, 4) is 0 Å². The molecule has 4 rings (SSSR count). The molecular formula is C23H24N4O7S2. The highest BCUT2D eigenvalue weighted by atomic mass is 32.2. The van der Waals surface area contributed by atoms with Crippen molar-refractivity contribution >= 4 is 49.1 Å². The van der Waals surface area contributed by atoms with Crippen molar-refractivity contribution in [2.75, 3.05) is 13.7 Å². The molecule has 3 aromatic rings. The Hall–Kier alpha value is -3.42. The number of rotatable bonds is 6. The van der Waals surface area contributed by atoms with Gasteiger partial charge in [-0.25, -0.2) is 8.42 Å². The van der Waals surface area contributed by atoms with E-state index in [0.717, 1.165) is 30.6 Å². The van der Waals surface area contributed by atoms with Crippen LogP contribution in [0.3, 0.4) is 0 Å². The number of fused-ring (bicyclic) bond motifs is 1. The van der Waals surface area contributed by atoms with E-state index in [1.54, 1.807) is 0 Å². The zero-order valence-corrected chi connectivity index (χ0v) is 21.3. The minimum atomic E-state index is -3.68. The number of amides is 1. The molecule has 0 bridgehead atoms. The van der Waals surface area contributed by atoms with Crippen LogP contribution < -0.4 is 4.80 Å². The minimum absolute atomic E-state index is 0.0888. The first-order valence-electron chi connectivity index (χ1n) is 11.2. The molecule has 2 heterocycles. The van der Waals surface area contributed by atoms with Gasteiger partial charge in [-0.2, -0.15) is 9.30 Å². The molecule has 0 aliphatic carbocycles. The lowest BCUT2D eigenvalue weighted by Crippen LogP contribution is -2.41. The normalized spacial score (nSPS) is 17.3. The number of esters is 1. The molecule has 0 N–H and O–H groups in total. The van der Waals surface area contributed by atoms with Gasteiger partial charge < -0.3 is 9.30 Å². The number of aromatic nitrogens is 1. The summed E-state index contributed by atoms with van der Waals surface area (Å²) in [6.45, 7) is 2.10. The SMILES string of the molecule is COC(=O)Cn1c(=NC(=O)c2ccc(S(=O)(=O)N3CCCCC3C)cc2)sc2cc([N+](=O)[O-])ccc21. The number of carbonyl (C=O) groups is 2. The van der Waals surface area contributed by atoms with Crippen LogP contribution in [0.5, 0.6) is 0 Å². The fourth-order valence-corrected chi connectivity index (χ4v) is 6.85. The van der Waals surface area contributed by atoms with E-state index < -0.39 is 26.8 Å². The van der Waals surface area contributed by atoms with Crippen molar-refractivity contribution in [3.05, 3.63) is 62.9 Å². The number of ether oxygens (including phenoxy) is 1. The first-order chi connectivity index (χ1) is 17.1. The molecule has 0 spiro atoms. The van der Waals surface area contributed by atoms with Gasteiger partial charge in [0, 0.05) is 30.3 Å². The number of sulfonamides is 1. The summed E-state index contributed by atoms with van der Waals surface area (Å²) in [7, 11) is -2.45. The summed E-state index contributed by atoms with van der Waals surface area (Å²) in [5.41, 5.74) is 0.514. The smallest absolute Gasteiger partial charge is 0.325 e. The Kier molecular flexibility index (Phi) is 7.33. The van der Waals surface area contributed by atoms with E-state index in [4.69, 9.17) is 4.74 Å². The van der Waals surface area contributed by atoms with E-state index in [2.05, 4.69) is 4.99 Å². The fourth-order valence-electron chi connectivity index (χ4n) is 4.09. The Bertz CT molecular complexity index is 1510. The molecule has 1 saturated heterocycles. The number of non-ortho nitro benzene ring substituents is 1. The standard InChI is InChI=1S/C23H24N4O7S2/c1-15-5-3-4-12-26(15)36(32,33)18-9-6-16(7-10-18)22(29)24-23-25(14-21(28)34-2)19-11-8-17(27(30)31)13-20(19)35-23/h6-11,13,15H,3-5,12,14H2,1-2H3. The second kappa shape index (κ2) is 10.3. The summed E-state index contributed by atoms with van der Waals surface area (Å²) in [6, 6.07) is 9.61. The van der Waals surface area contributed by atoms with E-state index in [-0.39, 0.29) is 33.5 Å². The predicted molar refractivity (Wildman–Crippen MR) is 132 cm³/mol. The van der Waals surface area contributed by atoms with Gasteiger partial charge in [0.2, 0.25) is 10.0 Å². The molecule has 1 aliphatic rings.